The minimum absolute atomic E-state index is 0. The van der Waals surface area contributed by atoms with E-state index >= 15 is 0 Å². The third kappa shape index (κ3) is 3.59. The fraction of sp³-hybridized carbons (Fsp3) is 0. The first kappa shape index (κ1) is 15.2. The van der Waals surface area contributed by atoms with Crippen molar-refractivity contribution in [3.63, 3.8) is 0 Å². The Kier molecular flexibility index (Phi) is 6.68. The van der Waals surface area contributed by atoms with Crippen LogP contribution in [0.4, 0.5) is 11.4 Å². The van der Waals surface area contributed by atoms with Gasteiger partial charge < -0.3 is 6.15 Å². The number of hydrogen-bond donors (Lipinski definition) is 1. The molecule has 0 heterocycles. The molecule has 7 nitrogen and oxygen atoms in total. The van der Waals surface area contributed by atoms with E-state index in [1.165, 1.54) is 0 Å². The van der Waals surface area contributed by atoms with Gasteiger partial charge in [-0.2, -0.15) is 0 Å². The van der Waals surface area contributed by atoms with Crippen LogP contribution in [-0.2, 0) is 21.1 Å². The monoisotopic (exact) mass is 380 g/mol. The van der Waals surface area contributed by atoms with Gasteiger partial charge in [-0.3, -0.25) is 20.2 Å². The van der Waals surface area contributed by atoms with Gasteiger partial charge in [0.05, 0.1) is 9.85 Å². The van der Waals surface area contributed by atoms with Gasteiger partial charge in [0.2, 0.25) is 0 Å². The Morgan fingerprint density at radius 3 is 1.21 bits per heavy atom. The van der Waals surface area contributed by atoms with Crippen molar-refractivity contribution in [2.75, 3.05) is 0 Å². The molecule has 80 valence electrons. The van der Waals surface area contributed by atoms with Gasteiger partial charge in [-0.05, 0) is 0 Å². The van der Waals surface area contributed by atoms with Crippen molar-refractivity contribution in [2.24, 2.45) is 0 Å². The fourth-order valence-electron chi connectivity index (χ4n) is 0.696. The van der Waals surface area contributed by atoms with Crippen LogP contribution in [0.1, 0.15) is 0 Å². The molecule has 0 fully saturated rings. The third-order valence-corrected chi connectivity index (χ3v) is 1.27. The number of nitrogens with zero attached hydrogens (tertiary/aromatic N) is 2. The topological polar surface area (TPSA) is 121 Å². The van der Waals surface area contributed by atoms with E-state index in [9.17, 15) is 20.2 Å². The first-order valence-corrected chi connectivity index (χ1v) is 3.00. The Morgan fingerprint density at radius 2 is 1.07 bits per heavy atom. The van der Waals surface area contributed by atoms with E-state index in [1.807, 2.05) is 0 Å². The maximum Gasteiger partial charge on any atom is 0.269 e. The molecule has 1 aromatic carbocycles. The smallest absolute Gasteiger partial charge is 0.269 e. The van der Waals surface area contributed by atoms with Crippen LogP contribution in [0.5, 0.6) is 0 Å². The molecule has 8 heteroatoms. The van der Waals surface area contributed by atoms with Gasteiger partial charge in [0.25, 0.3) is 11.4 Å². The molecule has 0 aromatic heterocycles. The molecule has 0 unspecified atom stereocenters. The summed E-state index contributed by atoms with van der Waals surface area (Å²) in [5, 5.41) is 20.2. The van der Waals surface area contributed by atoms with E-state index in [0.717, 1.165) is 24.3 Å². The summed E-state index contributed by atoms with van der Waals surface area (Å²) in [7, 11) is 0. The van der Waals surface area contributed by atoms with Crippen LogP contribution in [0.2, 0.25) is 0 Å². The molecule has 1 rings (SSSR count). The van der Waals surface area contributed by atoms with E-state index in [0.29, 0.717) is 0 Å². The summed E-state index contributed by atoms with van der Waals surface area (Å²) in [6.45, 7) is 0. The molecule has 0 amide bonds. The quantitative estimate of drug-likeness (QED) is 0.618. The second-order valence-corrected chi connectivity index (χ2v) is 2.03. The molecule has 0 saturated heterocycles. The summed E-state index contributed by atoms with van der Waals surface area (Å²) in [6, 6.07) is 4.38. The van der Waals surface area contributed by atoms with Crippen LogP contribution in [0.15, 0.2) is 24.3 Å². The Morgan fingerprint density at radius 1 is 0.857 bits per heavy atom. The van der Waals surface area contributed by atoms with Crippen molar-refractivity contribution in [1.29, 1.82) is 0 Å². The van der Waals surface area contributed by atoms with Crippen LogP contribution < -0.4 is 6.15 Å². The van der Waals surface area contributed by atoms with Gasteiger partial charge in [0.1, 0.15) is 0 Å². The summed E-state index contributed by atoms with van der Waals surface area (Å²) in [4.78, 5) is 19.0. The molecule has 0 aliphatic heterocycles. The van der Waals surface area contributed by atoms with Crippen molar-refractivity contribution in [2.45, 2.75) is 0 Å². The zero-order valence-corrected chi connectivity index (χ0v) is 9.13. The average Bonchev–Trinajstić information content (AvgIpc) is 2.04. The Hall–Kier alpha value is -1.33. The molecule has 0 radical (unpaired) electrons. The Balaban J connectivity index is 0. The van der Waals surface area contributed by atoms with Crippen molar-refractivity contribution in [3.05, 3.63) is 44.5 Å². The second kappa shape index (κ2) is 6.17. The second-order valence-electron chi connectivity index (χ2n) is 2.03. The van der Waals surface area contributed by atoms with Gasteiger partial charge in [0, 0.05) is 45.3 Å². The van der Waals surface area contributed by atoms with Crippen molar-refractivity contribution in [1.82, 2.24) is 6.15 Å². The fourth-order valence-corrected chi connectivity index (χ4v) is 0.696. The number of non-ortho nitro benzene ring substituents is 2. The van der Waals surface area contributed by atoms with Crippen LogP contribution in [0.25, 0.3) is 0 Å². The standard InChI is InChI=1S/C6H4N2O4.H3N.Pt/c9-7(10)5-1-2-6(4-3-5)8(11)12;;/h1-4H;1H3;. The summed E-state index contributed by atoms with van der Waals surface area (Å²) >= 11 is 0. The molecule has 0 spiro atoms. The van der Waals surface area contributed by atoms with E-state index in [4.69, 9.17) is 0 Å². The van der Waals surface area contributed by atoms with E-state index < -0.39 is 9.85 Å². The minimum Gasteiger partial charge on any atom is -0.344 e. The van der Waals surface area contributed by atoms with E-state index in [1.54, 1.807) is 0 Å². The minimum atomic E-state index is -0.607. The van der Waals surface area contributed by atoms with Crippen molar-refractivity contribution < 1.29 is 30.9 Å². The van der Waals surface area contributed by atoms with Gasteiger partial charge in [-0.25, -0.2) is 0 Å². The van der Waals surface area contributed by atoms with Crippen LogP contribution in [0.3, 0.4) is 0 Å². The van der Waals surface area contributed by atoms with Crippen LogP contribution in [0, 0.1) is 20.2 Å². The Labute approximate surface area is 93.3 Å². The largest absolute Gasteiger partial charge is 0.344 e. The van der Waals surface area contributed by atoms with Gasteiger partial charge >= 0.3 is 0 Å². The molecule has 3 N–H and O–H groups in total. The number of rotatable bonds is 2. The van der Waals surface area contributed by atoms with Gasteiger partial charge in [-0.15, -0.1) is 0 Å². The third-order valence-electron chi connectivity index (χ3n) is 1.27. The van der Waals surface area contributed by atoms with Crippen LogP contribution >= 0.6 is 0 Å². The molecule has 0 aliphatic rings. The predicted molar refractivity (Wildman–Crippen MR) is 44.8 cm³/mol. The summed E-state index contributed by atoms with van der Waals surface area (Å²) < 4.78 is 0. The maximum absolute atomic E-state index is 10.1. The summed E-state index contributed by atoms with van der Waals surface area (Å²) in [6.07, 6.45) is 0. The van der Waals surface area contributed by atoms with E-state index in [2.05, 4.69) is 0 Å². The van der Waals surface area contributed by atoms with E-state index in [-0.39, 0.29) is 38.6 Å². The molecule has 0 saturated carbocycles. The number of hydrogen-bond acceptors (Lipinski definition) is 5. The zero-order chi connectivity index (χ0) is 9.14. The maximum atomic E-state index is 10.1. The first-order chi connectivity index (χ1) is 5.61. The van der Waals surface area contributed by atoms with Crippen molar-refractivity contribution in [3.8, 4) is 0 Å². The molecular weight excluding hydrogens is 373 g/mol. The molecule has 0 bridgehead atoms. The van der Waals surface area contributed by atoms with Gasteiger partial charge in [0.15, 0.2) is 0 Å². The zero-order valence-electron chi connectivity index (χ0n) is 6.86. The number of nitro benzene ring substituents is 2. The summed E-state index contributed by atoms with van der Waals surface area (Å²) in [5.74, 6) is 0. The summed E-state index contributed by atoms with van der Waals surface area (Å²) in [5.41, 5.74) is -0.304. The Bertz CT molecular complexity index is 293. The number of benzene rings is 1. The normalized spacial score (nSPS) is 8.00. The first-order valence-electron chi connectivity index (χ1n) is 3.00. The predicted octanol–water partition coefficient (Wildman–Crippen LogP) is 1.66. The SMILES string of the molecule is N.O=[N+]([O-])c1ccc([N+](=O)[O-])cc1.[Pt]. The molecule has 0 atom stereocenters. The average molecular weight is 380 g/mol. The van der Waals surface area contributed by atoms with Crippen molar-refractivity contribution >= 4 is 11.4 Å². The molecule has 14 heavy (non-hydrogen) atoms. The molecule has 0 aliphatic carbocycles. The van der Waals surface area contributed by atoms with Gasteiger partial charge in [-0.1, -0.05) is 0 Å². The molecule has 1 aromatic rings. The van der Waals surface area contributed by atoms with Crippen LogP contribution in [-0.4, -0.2) is 9.85 Å². The number of nitro groups is 2. The molecular formula is C6H7N3O4Pt.